The van der Waals surface area contributed by atoms with Crippen LogP contribution in [0, 0.1) is 6.92 Å². The van der Waals surface area contributed by atoms with E-state index in [1.165, 1.54) is 5.56 Å². The van der Waals surface area contributed by atoms with Gasteiger partial charge in [0.15, 0.2) is 0 Å². The fourth-order valence-corrected chi connectivity index (χ4v) is 1.89. The van der Waals surface area contributed by atoms with E-state index in [1.807, 2.05) is 6.92 Å². The zero-order chi connectivity index (χ0) is 9.42. The van der Waals surface area contributed by atoms with Crippen molar-refractivity contribution in [3.05, 3.63) is 32.7 Å². The number of aliphatic hydroxyl groups is 1. The lowest BCUT2D eigenvalue weighted by atomic mass is 9.85. The van der Waals surface area contributed by atoms with E-state index in [2.05, 4.69) is 4.98 Å². The second kappa shape index (κ2) is 3.00. The quantitative estimate of drug-likeness (QED) is 0.686. The van der Waals surface area contributed by atoms with Gasteiger partial charge in [-0.1, -0.05) is 0 Å². The molecular weight excluding hydrogens is 166 g/mol. The Morgan fingerprint density at radius 3 is 2.62 bits per heavy atom. The van der Waals surface area contributed by atoms with E-state index in [9.17, 15) is 4.79 Å². The van der Waals surface area contributed by atoms with E-state index in [4.69, 9.17) is 5.11 Å². The zero-order valence-corrected chi connectivity index (χ0v) is 7.68. The van der Waals surface area contributed by atoms with Crippen LogP contribution >= 0.6 is 0 Å². The van der Waals surface area contributed by atoms with Crippen molar-refractivity contribution in [3.8, 4) is 0 Å². The maximum Gasteiger partial charge on any atom is 0.251 e. The molecule has 0 fully saturated rings. The minimum Gasteiger partial charge on any atom is -0.396 e. The number of rotatable bonds is 2. The summed E-state index contributed by atoms with van der Waals surface area (Å²) in [6.07, 6.45) is 2.47. The second-order valence-corrected chi connectivity index (χ2v) is 3.49. The van der Waals surface area contributed by atoms with E-state index in [1.54, 1.807) is 0 Å². The minimum absolute atomic E-state index is 0.0373. The van der Waals surface area contributed by atoms with E-state index in [0.717, 1.165) is 29.7 Å². The highest BCUT2D eigenvalue weighted by atomic mass is 16.3. The molecule has 0 unspecified atom stereocenters. The molecule has 0 amide bonds. The van der Waals surface area contributed by atoms with Crippen LogP contribution in [0.5, 0.6) is 0 Å². The highest BCUT2D eigenvalue weighted by molar-refractivity contribution is 5.41. The summed E-state index contributed by atoms with van der Waals surface area (Å²) in [4.78, 5) is 14.2. The van der Waals surface area contributed by atoms with E-state index < -0.39 is 0 Å². The molecule has 0 aromatic carbocycles. The average Bonchev–Trinajstić information content (AvgIpc) is 1.99. The lowest BCUT2D eigenvalue weighted by Crippen LogP contribution is -2.27. The van der Waals surface area contributed by atoms with Gasteiger partial charge in [0.05, 0.1) is 0 Å². The molecule has 1 aromatic rings. The van der Waals surface area contributed by atoms with Crippen molar-refractivity contribution >= 4 is 0 Å². The summed E-state index contributed by atoms with van der Waals surface area (Å²) in [6.45, 7) is 2.11. The first-order valence-electron chi connectivity index (χ1n) is 4.58. The van der Waals surface area contributed by atoms with Gasteiger partial charge in [0.2, 0.25) is 0 Å². The first kappa shape index (κ1) is 8.51. The molecule has 3 nitrogen and oxygen atoms in total. The number of aliphatic hydroxyl groups excluding tert-OH is 1. The van der Waals surface area contributed by atoms with Crippen molar-refractivity contribution in [2.45, 2.75) is 26.2 Å². The van der Waals surface area contributed by atoms with Gasteiger partial charge >= 0.3 is 0 Å². The zero-order valence-electron chi connectivity index (χ0n) is 7.68. The molecule has 2 N–H and O–H groups in total. The molecule has 3 heteroatoms. The van der Waals surface area contributed by atoms with Crippen molar-refractivity contribution in [1.29, 1.82) is 0 Å². The topological polar surface area (TPSA) is 53.1 Å². The molecule has 1 heterocycles. The summed E-state index contributed by atoms with van der Waals surface area (Å²) in [7, 11) is 0. The molecule has 0 saturated heterocycles. The van der Waals surface area contributed by atoms with Gasteiger partial charge in [-0.3, -0.25) is 4.79 Å². The Hall–Kier alpha value is -1.09. The second-order valence-electron chi connectivity index (χ2n) is 3.49. The molecule has 2 rings (SSSR count). The lowest BCUT2D eigenvalue weighted by Gasteiger charge is -2.21. The number of fused-ring (bicyclic) bond motifs is 1. The van der Waals surface area contributed by atoms with Crippen molar-refractivity contribution in [2.75, 3.05) is 6.61 Å². The minimum atomic E-state index is 0.0373. The van der Waals surface area contributed by atoms with Crippen LogP contribution in [0.25, 0.3) is 0 Å². The molecular formula is C10H13NO2. The third-order valence-electron chi connectivity index (χ3n) is 2.79. The Morgan fingerprint density at radius 2 is 2.08 bits per heavy atom. The van der Waals surface area contributed by atoms with Gasteiger partial charge in [-0.15, -0.1) is 0 Å². The van der Waals surface area contributed by atoms with Crippen molar-refractivity contribution in [2.24, 2.45) is 0 Å². The van der Waals surface area contributed by atoms with Crippen LogP contribution in [0.1, 0.15) is 22.4 Å². The fourth-order valence-electron chi connectivity index (χ4n) is 1.89. The summed E-state index contributed by atoms with van der Waals surface area (Å²) in [6, 6.07) is 0. The van der Waals surface area contributed by atoms with Gasteiger partial charge in [-0.2, -0.15) is 0 Å². The maximum atomic E-state index is 11.4. The van der Waals surface area contributed by atoms with Gasteiger partial charge in [0.1, 0.15) is 0 Å². The average molecular weight is 179 g/mol. The summed E-state index contributed by atoms with van der Waals surface area (Å²) < 4.78 is 0. The molecule has 0 bridgehead atoms. The number of aromatic amines is 1. The molecule has 1 aliphatic carbocycles. The van der Waals surface area contributed by atoms with Crippen molar-refractivity contribution < 1.29 is 5.11 Å². The van der Waals surface area contributed by atoms with Crippen molar-refractivity contribution in [3.63, 3.8) is 0 Å². The largest absolute Gasteiger partial charge is 0.396 e. The Kier molecular flexibility index (Phi) is 1.96. The Morgan fingerprint density at radius 1 is 1.38 bits per heavy atom. The Balaban J connectivity index is 2.54. The van der Waals surface area contributed by atoms with Crippen LogP contribution in [-0.4, -0.2) is 16.7 Å². The molecule has 1 aromatic heterocycles. The van der Waals surface area contributed by atoms with E-state index >= 15 is 0 Å². The van der Waals surface area contributed by atoms with E-state index in [0.29, 0.717) is 6.42 Å². The van der Waals surface area contributed by atoms with Crippen LogP contribution in [0.3, 0.4) is 0 Å². The molecule has 13 heavy (non-hydrogen) atoms. The highest BCUT2D eigenvalue weighted by Crippen LogP contribution is 2.23. The number of H-pyrrole nitrogens is 1. The molecule has 0 radical (unpaired) electrons. The first-order chi connectivity index (χ1) is 6.24. The Labute approximate surface area is 76.4 Å². The molecule has 0 saturated carbocycles. The number of nitrogens with one attached hydrogen (secondary N) is 1. The van der Waals surface area contributed by atoms with Gasteiger partial charge in [-0.25, -0.2) is 0 Å². The molecule has 1 aliphatic rings. The standard InChI is InChI=1S/C10H13NO2/c1-6-7-2-3-8(7)10(13)11-9(6)4-5-12/h12H,2-5H2,1H3,(H,11,13). The highest BCUT2D eigenvalue weighted by Gasteiger charge is 2.20. The van der Waals surface area contributed by atoms with Gasteiger partial charge in [-0.05, 0) is 30.9 Å². The normalized spacial score (nSPS) is 13.7. The predicted molar refractivity (Wildman–Crippen MR) is 50.0 cm³/mol. The molecule has 70 valence electrons. The van der Waals surface area contributed by atoms with Gasteiger partial charge in [0, 0.05) is 24.3 Å². The Bertz CT molecular complexity index is 393. The summed E-state index contributed by atoms with van der Waals surface area (Å²) in [5, 5.41) is 8.79. The number of aromatic nitrogens is 1. The SMILES string of the molecule is Cc1c(CCO)[nH]c(=O)c2c1CC2. The smallest absolute Gasteiger partial charge is 0.251 e. The van der Waals surface area contributed by atoms with Crippen LogP contribution in [0.2, 0.25) is 0 Å². The van der Waals surface area contributed by atoms with Crippen LogP contribution < -0.4 is 5.56 Å². The number of hydrogen-bond donors (Lipinski definition) is 2. The van der Waals surface area contributed by atoms with E-state index in [-0.39, 0.29) is 12.2 Å². The molecule has 0 aliphatic heterocycles. The fraction of sp³-hybridized carbons (Fsp3) is 0.500. The van der Waals surface area contributed by atoms with Crippen LogP contribution in [-0.2, 0) is 19.3 Å². The lowest BCUT2D eigenvalue weighted by molar-refractivity contribution is 0.297. The molecule has 0 atom stereocenters. The number of hydrogen-bond acceptors (Lipinski definition) is 2. The monoisotopic (exact) mass is 179 g/mol. The van der Waals surface area contributed by atoms with Gasteiger partial charge in [0.25, 0.3) is 5.56 Å². The van der Waals surface area contributed by atoms with Crippen molar-refractivity contribution in [1.82, 2.24) is 4.98 Å². The summed E-state index contributed by atoms with van der Waals surface area (Å²) >= 11 is 0. The molecule has 0 spiro atoms. The van der Waals surface area contributed by atoms with Gasteiger partial charge < -0.3 is 10.1 Å². The number of pyridine rings is 1. The predicted octanol–water partition coefficient (Wildman–Crippen LogP) is 0.317. The van der Waals surface area contributed by atoms with Crippen LogP contribution in [0.4, 0.5) is 0 Å². The third kappa shape index (κ3) is 1.20. The third-order valence-corrected chi connectivity index (χ3v) is 2.79. The maximum absolute atomic E-state index is 11.4. The summed E-state index contributed by atoms with van der Waals surface area (Å²) in [5.74, 6) is 0. The summed E-state index contributed by atoms with van der Waals surface area (Å²) in [5.41, 5.74) is 4.24. The van der Waals surface area contributed by atoms with Crippen LogP contribution in [0.15, 0.2) is 4.79 Å². The first-order valence-corrected chi connectivity index (χ1v) is 4.58.